The molecule has 2 heterocycles. The Hall–Kier alpha value is -2.28. The molecule has 1 saturated heterocycles. The monoisotopic (exact) mass is 330 g/mol. The molecule has 1 aromatic heterocycles. The van der Waals surface area contributed by atoms with Crippen LogP contribution in [-0.4, -0.2) is 57.4 Å². The lowest BCUT2D eigenvalue weighted by molar-refractivity contribution is 0.0746. The third-order valence-electron chi connectivity index (χ3n) is 3.84. The highest BCUT2D eigenvalue weighted by Crippen LogP contribution is 2.14. The predicted octanol–water partition coefficient (Wildman–Crippen LogP) is 1.18. The Morgan fingerprint density at radius 1 is 1.04 bits per heavy atom. The van der Waals surface area contributed by atoms with Gasteiger partial charge in [-0.05, 0) is 30.3 Å². The van der Waals surface area contributed by atoms with Gasteiger partial charge in [-0.15, -0.1) is 0 Å². The molecule has 1 amide bonds. The fraction of sp³-hybridized carbons (Fsp3) is 0.312. The Kier molecular flexibility index (Phi) is 4.66. The van der Waals surface area contributed by atoms with Crippen LogP contribution in [0.4, 0.5) is 5.95 Å². The maximum Gasteiger partial charge on any atom is 0.253 e. The first-order valence-corrected chi connectivity index (χ1v) is 8.96. The van der Waals surface area contributed by atoms with Crippen molar-refractivity contribution in [3.8, 4) is 0 Å². The van der Waals surface area contributed by atoms with Crippen molar-refractivity contribution in [3.63, 3.8) is 0 Å². The summed E-state index contributed by atoms with van der Waals surface area (Å²) < 4.78 is 11.4. The van der Waals surface area contributed by atoms with E-state index in [1.165, 1.54) is 0 Å². The van der Waals surface area contributed by atoms with Crippen LogP contribution in [0.25, 0.3) is 0 Å². The Morgan fingerprint density at radius 3 is 2.22 bits per heavy atom. The number of nitrogens with zero attached hydrogens (tertiary/aromatic N) is 4. The average Bonchev–Trinajstić information content (AvgIpc) is 2.62. The summed E-state index contributed by atoms with van der Waals surface area (Å²) in [6.07, 6.45) is 5.07. The Labute approximate surface area is 137 Å². The normalized spacial score (nSPS) is 16.2. The van der Waals surface area contributed by atoms with E-state index in [1.54, 1.807) is 49.0 Å². The molecule has 0 saturated carbocycles. The maximum absolute atomic E-state index is 12.5. The topological polar surface area (TPSA) is 66.4 Å². The second kappa shape index (κ2) is 6.87. The molecule has 2 aromatic rings. The van der Waals surface area contributed by atoms with E-state index in [0.29, 0.717) is 37.7 Å². The standard InChI is InChI=1S/C16H18N4O2S/c1-23(22)14-5-3-13(4-6-14)15(21)19-9-11-20(12-10-19)16-17-7-2-8-18-16/h2-8H,9-12H2,1H3. The van der Waals surface area contributed by atoms with E-state index in [9.17, 15) is 9.00 Å². The van der Waals surface area contributed by atoms with E-state index in [0.717, 1.165) is 4.90 Å². The van der Waals surface area contributed by atoms with Crippen LogP contribution in [-0.2, 0) is 10.8 Å². The molecule has 0 bridgehead atoms. The minimum absolute atomic E-state index is 0.00654. The van der Waals surface area contributed by atoms with Gasteiger partial charge in [-0.1, -0.05) is 0 Å². The van der Waals surface area contributed by atoms with E-state index >= 15 is 0 Å². The van der Waals surface area contributed by atoms with E-state index in [-0.39, 0.29) is 5.91 Å². The highest BCUT2D eigenvalue weighted by atomic mass is 32.2. The van der Waals surface area contributed by atoms with Gasteiger partial charge in [0.2, 0.25) is 5.95 Å². The second-order valence-electron chi connectivity index (χ2n) is 5.31. The summed E-state index contributed by atoms with van der Waals surface area (Å²) in [5, 5.41) is 0. The number of rotatable bonds is 3. The smallest absolute Gasteiger partial charge is 0.253 e. The van der Waals surface area contributed by atoms with Gasteiger partial charge in [-0.25, -0.2) is 9.97 Å². The van der Waals surface area contributed by atoms with Crippen molar-refractivity contribution in [2.24, 2.45) is 0 Å². The Balaban J connectivity index is 1.63. The van der Waals surface area contributed by atoms with Crippen LogP contribution in [0, 0.1) is 0 Å². The number of piperazine rings is 1. The van der Waals surface area contributed by atoms with Crippen molar-refractivity contribution in [1.29, 1.82) is 0 Å². The van der Waals surface area contributed by atoms with E-state index in [4.69, 9.17) is 0 Å². The highest BCUT2D eigenvalue weighted by molar-refractivity contribution is 7.84. The SMILES string of the molecule is CS(=O)c1ccc(C(=O)N2CCN(c3ncccn3)CC2)cc1. The molecule has 0 aliphatic carbocycles. The molecule has 0 radical (unpaired) electrons. The van der Waals surface area contributed by atoms with Crippen molar-refractivity contribution >= 4 is 22.7 Å². The molecule has 1 atom stereocenters. The number of benzene rings is 1. The minimum Gasteiger partial charge on any atom is -0.337 e. The summed E-state index contributed by atoms with van der Waals surface area (Å²) in [7, 11) is -1.03. The number of amides is 1. The Bertz CT molecular complexity index is 698. The first-order valence-electron chi connectivity index (χ1n) is 7.40. The molecular formula is C16H18N4O2S. The molecule has 1 aliphatic rings. The van der Waals surface area contributed by atoms with Crippen LogP contribution in [0.2, 0.25) is 0 Å². The van der Waals surface area contributed by atoms with Crippen molar-refractivity contribution in [3.05, 3.63) is 48.3 Å². The molecule has 0 spiro atoms. The van der Waals surface area contributed by atoms with Crippen molar-refractivity contribution in [1.82, 2.24) is 14.9 Å². The lowest BCUT2D eigenvalue weighted by atomic mass is 10.2. The number of hydrogen-bond donors (Lipinski definition) is 0. The van der Waals surface area contributed by atoms with Crippen molar-refractivity contribution in [2.75, 3.05) is 37.3 Å². The van der Waals surface area contributed by atoms with E-state index < -0.39 is 10.8 Å². The van der Waals surface area contributed by atoms with Gasteiger partial charge in [0.25, 0.3) is 5.91 Å². The van der Waals surface area contributed by atoms with E-state index in [1.807, 2.05) is 4.90 Å². The van der Waals surface area contributed by atoms with Gasteiger partial charge in [0.15, 0.2) is 0 Å². The predicted molar refractivity (Wildman–Crippen MR) is 88.9 cm³/mol. The number of carbonyl (C=O) groups excluding carboxylic acids is 1. The van der Waals surface area contributed by atoms with Crippen LogP contribution in [0.3, 0.4) is 0 Å². The second-order valence-corrected chi connectivity index (χ2v) is 6.69. The van der Waals surface area contributed by atoms with Crippen LogP contribution >= 0.6 is 0 Å². The highest BCUT2D eigenvalue weighted by Gasteiger charge is 2.23. The number of carbonyl (C=O) groups is 1. The van der Waals surface area contributed by atoms with Gasteiger partial charge in [0, 0.05) is 66.1 Å². The first-order chi connectivity index (χ1) is 11.1. The van der Waals surface area contributed by atoms with Gasteiger partial charge in [-0.3, -0.25) is 9.00 Å². The van der Waals surface area contributed by atoms with Crippen LogP contribution < -0.4 is 4.90 Å². The molecule has 1 fully saturated rings. The van der Waals surface area contributed by atoms with Gasteiger partial charge in [-0.2, -0.15) is 0 Å². The Morgan fingerprint density at radius 2 is 1.65 bits per heavy atom. The molecular weight excluding hydrogens is 312 g/mol. The van der Waals surface area contributed by atoms with Gasteiger partial charge in [0.05, 0.1) is 0 Å². The first kappa shape index (κ1) is 15.6. The summed E-state index contributed by atoms with van der Waals surface area (Å²) in [6, 6.07) is 8.77. The third kappa shape index (κ3) is 3.56. The summed E-state index contributed by atoms with van der Waals surface area (Å²) in [6.45, 7) is 2.71. The quantitative estimate of drug-likeness (QED) is 0.845. The van der Waals surface area contributed by atoms with Crippen molar-refractivity contribution in [2.45, 2.75) is 4.90 Å². The molecule has 3 rings (SSSR count). The summed E-state index contributed by atoms with van der Waals surface area (Å²) >= 11 is 0. The average molecular weight is 330 g/mol. The largest absolute Gasteiger partial charge is 0.337 e. The van der Waals surface area contributed by atoms with Crippen molar-refractivity contribution < 1.29 is 9.00 Å². The summed E-state index contributed by atoms with van der Waals surface area (Å²) in [5.41, 5.74) is 0.628. The summed E-state index contributed by atoms with van der Waals surface area (Å²) in [5.74, 6) is 0.710. The molecule has 1 aromatic carbocycles. The molecule has 120 valence electrons. The van der Waals surface area contributed by atoms with Crippen LogP contribution in [0.1, 0.15) is 10.4 Å². The zero-order valence-electron chi connectivity index (χ0n) is 12.9. The number of anilines is 1. The van der Waals surface area contributed by atoms with Crippen LogP contribution in [0.5, 0.6) is 0 Å². The molecule has 7 heteroatoms. The molecule has 6 nitrogen and oxygen atoms in total. The fourth-order valence-corrected chi connectivity index (χ4v) is 3.06. The zero-order valence-corrected chi connectivity index (χ0v) is 13.7. The molecule has 0 N–H and O–H groups in total. The maximum atomic E-state index is 12.5. The summed E-state index contributed by atoms with van der Waals surface area (Å²) in [4.78, 5) is 25.6. The van der Waals surface area contributed by atoms with Gasteiger partial charge < -0.3 is 9.80 Å². The third-order valence-corrected chi connectivity index (χ3v) is 4.77. The molecule has 1 aliphatic heterocycles. The molecule has 23 heavy (non-hydrogen) atoms. The minimum atomic E-state index is -1.03. The van der Waals surface area contributed by atoms with E-state index in [2.05, 4.69) is 14.9 Å². The lowest BCUT2D eigenvalue weighted by Crippen LogP contribution is -2.49. The lowest BCUT2D eigenvalue weighted by Gasteiger charge is -2.34. The number of hydrogen-bond acceptors (Lipinski definition) is 5. The van der Waals surface area contributed by atoms with Crippen LogP contribution in [0.15, 0.2) is 47.6 Å². The molecule has 1 unspecified atom stereocenters. The van der Waals surface area contributed by atoms with Gasteiger partial charge in [0.1, 0.15) is 0 Å². The zero-order chi connectivity index (χ0) is 16.2. The van der Waals surface area contributed by atoms with Gasteiger partial charge >= 0.3 is 0 Å². The fourth-order valence-electron chi connectivity index (χ4n) is 2.54. The number of aromatic nitrogens is 2.